The number of hydrogen-bond acceptors (Lipinski definition) is 5. The van der Waals surface area contributed by atoms with E-state index in [2.05, 4.69) is 19.8 Å². The number of anilines is 1. The van der Waals surface area contributed by atoms with Gasteiger partial charge in [0.15, 0.2) is 0 Å². The van der Waals surface area contributed by atoms with Crippen LogP contribution in [0, 0.1) is 6.92 Å². The molecule has 1 aromatic heterocycles. The van der Waals surface area contributed by atoms with E-state index in [1.165, 1.54) is 25.9 Å². The molecule has 0 unspecified atom stereocenters. The molecule has 1 aliphatic heterocycles. The lowest BCUT2D eigenvalue weighted by Crippen LogP contribution is -2.32. The Kier molecular flexibility index (Phi) is 5.54. The van der Waals surface area contributed by atoms with Gasteiger partial charge in [0.1, 0.15) is 11.6 Å². The Hall–Kier alpha value is -1.20. The first-order chi connectivity index (χ1) is 9.29. The lowest BCUT2D eigenvalue weighted by Gasteiger charge is -2.22. The molecule has 0 atom stereocenters. The minimum absolute atomic E-state index is 0.806. The largest absolute Gasteiger partial charge is 0.355 e. The van der Waals surface area contributed by atoms with Crippen molar-refractivity contribution in [2.75, 3.05) is 44.2 Å². The molecule has 19 heavy (non-hydrogen) atoms. The zero-order valence-corrected chi connectivity index (χ0v) is 11.9. The van der Waals surface area contributed by atoms with E-state index in [-0.39, 0.29) is 0 Å². The summed E-state index contributed by atoms with van der Waals surface area (Å²) >= 11 is 0. The van der Waals surface area contributed by atoms with Gasteiger partial charge in [-0.15, -0.1) is 0 Å². The number of nitrogens with zero attached hydrogens (tertiary/aromatic N) is 4. The minimum Gasteiger partial charge on any atom is -0.355 e. The van der Waals surface area contributed by atoms with Crippen LogP contribution in [0.15, 0.2) is 12.3 Å². The van der Waals surface area contributed by atoms with Gasteiger partial charge < -0.3 is 15.5 Å². The predicted molar refractivity (Wildman–Crippen MR) is 78.3 cm³/mol. The smallest absolute Gasteiger partial charge is 0.132 e. The maximum Gasteiger partial charge on any atom is 0.132 e. The highest BCUT2D eigenvalue weighted by Gasteiger charge is 2.15. The molecular formula is C14H25N5. The molecule has 5 heteroatoms. The average molecular weight is 263 g/mol. The van der Waals surface area contributed by atoms with E-state index in [4.69, 9.17) is 5.73 Å². The van der Waals surface area contributed by atoms with Crippen LogP contribution < -0.4 is 10.6 Å². The van der Waals surface area contributed by atoms with Crippen molar-refractivity contribution >= 4 is 5.82 Å². The molecule has 1 aliphatic rings. The van der Waals surface area contributed by atoms with E-state index < -0.39 is 0 Å². The Morgan fingerprint density at radius 1 is 1.21 bits per heavy atom. The maximum absolute atomic E-state index is 5.55. The van der Waals surface area contributed by atoms with Gasteiger partial charge in [-0.2, -0.15) is 0 Å². The van der Waals surface area contributed by atoms with Crippen molar-refractivity contribution < 1.29 is 0 Å². The van der Waals surface area contributed by atoms with Crippen molar-refractivity contribution in [1.82, 2.24) is 14.9 Å². The van der Waals surface area contributed by atoms with Gasteiger partial charge in [-0.3, -0.25) is 0 Å². The summed E-state index contributed by atoms with van der Waals surface area (Å²) in [6.45, 7) is 8.37. The first kappa shape index (κ1) is 14.2. The molecule has 5 nitrogen and oxygen atoms in total. The monoisotopic (exact) mass is 263 g/mol. The minimum atomic E-state index is 0.806. The van der Waals surface area contributed by atoms with E-state index in [1.54, 1.807) is 0 Å². The molecule has 2 N–H and O–H groups in total. The van der Waals surface area contributed by atoms with Crippen LogP contribution in [0.2, 0.25) is 0 Å². The quantitative estimate of drug-likeness (QED) is 0.804. The van der Waals surface area contributed by atoms with E-state index in [9.17, 15) is 0 Å². The molecule has 106 valence electrons. The lowest BCUT2D eigenvalue weighted by molar-refractivity contribution is 0.288. The highest BCUT2D eigenvalue weighted by Crippen LogP contribution is 2.13. The van der Waals surface area contributed by atoms with Gasteiger partial charge in [0.05, 0.1) is 0 Å². The van der Waals surface area contributed by atoms with Crippen LogP contribution in [0.5, 0.6) is 0 Å². The fraction of sp³-hybridized carbons (Fsp3) is 0.714. The Labute approximate surface area is 115 Å². The van der Waals surface area contributed by atoms with Gasteiger partial charge >= 0.3 is 0 Å². The molecule has 2 rings (SSSR count). The average Bonchev–Trinajstić information content (AvgIpc) is 2.65. The van der Waals surface area contributed by atoms with Crippen LogP contribution in [0.4, 0.5) is 5.82 Å². The first-order valence-electron chi connectivity index (χ1n) is 7.26. The van der Waals surface area contributed by atoms with Crippen molar-refractivity contribution in [1.29, 1.82) is 0 Å². The van der Waals surface area contributed by atoms with E-state index in [0.29, 0.717) is 0 Å². The summed E-state index contributed by atoms with van der Waals surface area (Å²) in [4.78, 5) is 13.6. The number of nitrogens with two attached hydrogens (primary N) is 1. The SMILES string of the molecule is Cc1nccc(N2CCCN(CCCCN)CC2)n1. The zero-order valence-electron chi connectivity index (χ0n) is 11.9. The van der Waals surface area contributed by atoms with Gasteiger partial charge in [-0.1, -0.05) is 0 Å². The number of aromatic nitrogens is 2. The van der Waals surface area contributed by atoms with Crippen LogP contribution in [0.25, 0.3) is 0 Å². The molecule has 1 fully saturated rings. The third kappa shape index (κ3) is 4.44. The van der Waals surface area contributed by atoms with Crippen LogP contribution >= 0.6 is 0 Å². The van der Waals surface area contributed by atoms with Crippen LogP contribution in [-0.4, -0.2) is 54.1 Å². The highest BCUT2D eigenvalue weighted by molar-refractivity contribution is 5.37. The maximum atomic E-state index is 5.55. The molecule has 0 spiro atoms. The van der Waals surface area contributed by atoms with Gasteiger partial charge in [0, 0.05) is 25.8 Å². The summed E-state index contributed by atoms with van der Waals surface area (Å²) in [6, 6.07) is 2.01. The Balaban J connectivity index is 1.86. The van der Waals surface area contributed by atoms with E-state index >= 15 is 0 Å². The number of unbranched alkanes of at least 4 members (excludes halogenated alkanes) is 1. The fourth-order valence-corrected chi connectivity index (χ4v) is 2.52. The molecule has 0 bridgehead atoms. The second-order valence-electron chi connectivity index (χ2n) is 5.14. The highest BCUT2D eigenvalue weighted by atomic mass is 15.2. The topological polar surface area (TPSA) is 58.3 Å². The predicted octanol–water partition coefficient (Wildman–Crippen LogP) is 1.04. The van der Waals surface area contributed by atoms with Gasteiger partial charge in [-0.25, -0.2) is 9.97 Å². The molecule has 0 aromatic carbocycles. The van der Waals surface area contributed by atoms with Gasteiger partial charge in [-0.05, 0) is 51.9 Å². The Morgan fingerprint density at radius 2 is 2.11 bits per heavy atom. The molecule has 1 aromatic rings. The molecule has 0 amide bonds. The lowest BCUT2D eigenvalue weighted by atomic mass is 10.3. The third-order valence-electron chi connectivity index (χ3n) is 3.60. The Morgan fingerprint density at radius 3 is 2.89 bits per heavy atom. The van der Waals surface area contributed by atoms with Crippen LogP contribution in [0.1, 0.15) is 25.1 Å². The summed E-state index contributed by atoms with van der Waals surface area (Å²) in [7, 11) is 0. The molecule has 0 aliphatic carbocycles. The fourth-order valence-electron chi connectivity index (χ4n) is 2.52. The van der Waals surface area contributed by atoms with E-state index in [0.717, 1.165) is 44.2 Å². The standard InChI is InChI=1S/C14H25N5/c1-13-16-7-5-14(17-13)19-10-4-9-18(11-12-19)8-3-2-6-15/h5,7H,2-4,6,8-12,15H2,1H3. The van der Waals surface area contributed by atoms with Crippen LogP contribution in [-0.2, 0) is 0 Å². The van der Waals surface area contributed by atoms with Crippen molar-refractivity contribution in [3.63, 3.8) is 0 Å². The molecule has 0 radical (unpaired) electrons. The second-order valence-corrected chi connectivity index (χ2v) is 5.14. The normalized spacial score (nSPS) is 17.5. The second kappa shape index (κ2) is 7.40. The van der Waals surface area contributed by atoms with Crippen molar-refractivity contribution in [3.8, 4) is 0 Å². The summed E-state index contributed by atoms with van der Waals surface area (Å²) < 4.78 is 0. The van der Waals surface area contributed by atoms with Crippen molar-refractivity contribution in [2.24, 2.45) is 5.73 Å². The summed E-state index contributed by atoms with van der Waals surface area (Å²) in [5.41, 5.74) is 5.55. The summed E-state index contributed by atoms with van der Waals surface area (Å²) in [5.74, 6) is 1.91. The molecular weight excluding hydrogens is 238 g/mol. The van der Waals surface area contributed by atoms with Crippen molar-refractivity contribution in [3.05, 3.63) is 18.1 Å². The number of hydrogen-bond donors (Lipinski definition) is 1. The van der Waals surface area contributed by atoms with Crippen molar-refractivity contribution in [2.45, 2.75) is 26.2 Å². The summed E-state index contributed by atoms with van der Waals surface area (Å²) in [5, 5.41) is 0. The number of rotatable bonds is 5. The third-order valence-corrected chi connectivity index (χ3v) is 3.60. The zero-order chi connectivity index (χ0) is 13.5. The molecule has 2 heterocycles. The van der Waals surface area contributed by atoms with Gasteiger partial charge in [0.25, 0.3) is 0 Å². The van der Waals surface area contributed by atoms with Crippen LogP contribution in [0.3, 0.4) is 0 Å². The summed E-state index contributed by atoms with van der Waals surface area (Å²) in [6.07, 6.45) is 5.39. The van der Waals surface area contributed by atoms with Gasteiger partial charge in [0.2, 0.25) is 0 Å². The number of aryl methyl sites for hydroxylation is 1. The molecule has 1 saturated heterocycles. The molecule has 0 saturated carbocycles. The van der Waals surface area contributed by atoms with E-state index in [1.807, 2.05) is 19.2 Å². The Bertz CT molecular complexity index is 382. The first-order valence-corrected chi connectivity index (χ1v) is 7.26.